The molecule has 0 spiro atoms. The molecule has 0 aliphatic carbocycles. The summed E-state index contributed by atoms with van der Waals surface area (Å²) in [5.74, 6) is -1.23. The molecule has 2 atom stereocenters. The summed E-state index contributed by atoms with van der Waals surface area (Å²) in [6.07, 6.45) is 4.45. The SMILES string of the molecule is CCC(C)Nc1c(C=N)nc(C(=O)O)nc1N[C@H](CC)c1cnc2ccccc2c1. The Balaban J connectivity index is 2.05. The summed E-state index contributed by atoms with van der Waals surface area (Å²) in [4.78, 5) is 24.3. The van der Waals surface area contributed by atoms with E-state index >= 15 is 0 Å². The zero-order valence-electron chi connectivity index (χ0n) is 17.3. The minimum atomic E-state index is -1.24. The third-order valence-corrected chi connectivity index (χ3v) is 5.00. The topological polar surface area (TPSA) is 124 Å². The molecule has 30 heavy (non-hydrogen) atoms. The summed E-state index contributed by atoms with van der Waals surface area (Å²) in [5.41, 5.74) is 2.64. The van der Waals surface area contributed by atoms with Crippen LogP contribution in [0, 0.1) is 5.41 Å². The van der Waals surface area contributed by atoms with Gasteiger partial charge in [0.15, 0.2) is 5.82 Å². The molecule has 2 heterocycles. The number of aromatic nitrogens is 3. The van der Waals surface area contributed by atoms with Gasteiger partial charge in [0.05, 0.1) is 11.6 Å². The number of carbonyl (C=O) groups is 1. The summed E-state index contributed by atoms with van der Waals surface area (Å²) in [6, 6.07) is 9.92. The van der Waals surface area contributed by atoms with Crippen LogP contribution in [-0.2, 0) is 0 Å². The van der Waals surface area contributed by atoms with E-state index in [2.05, 4.69) is 31.7 Å². The monoisotopic (exact) mass is 406 g/mol. The average Bonchev–Trinajstić information content (AvgIpc) is 2.77. The fourth-order valence-electron chi connectivity index (χ4n) is 3.14. The molecule has 3 rings (SSSR count). The van der Waals surface area contributed by atoms with Crippen molar-refractivity contribution in [3.63, 3.8) is 0 Å². The van der Waals surface area contributed by atoms with Crippen molar-refractivity contribution in [1.82, 2.24) is 15.0 Å². The fraction of sp³-hybridized carbons (Fsp3) is 0.318. The highest BCUT2D eigenvalue weighted by Crippen LogP contribution is 2.30. The highest BCUT2D eigenvalue weighted by atomic mass is 16.4. The largest absolute Gasteiger partial charge is 0.475 e. The Morgan fingerprint density at radius 1 is 1.20 bits per heavy atom. The smallest absolute Gasteiger partial charge is 0.374 e. The number of anilines is 2. The zero-order valence-corrected chi connectivity index (χ0v) is 17.3. The number of nitrogens with zero attached hydrogens (tertiary/aromatic N) is 3. The van der Waals surface area contributed by atoms with Gasteiger partial charge in [-0.15, -0.1) is 0 Å². The van der Waals surface area contributed by atoms with Gasteiger partial charge in [-0.1, -0.05) is 32.0 Å². The van der Waals surface area contributed by atoms with Crippen molar-refractivity contribution in [3.05, 3.63) is 53.6 Å². The number of nitrogens with one attached hydrogen (secondary N) is 3. The molecule has 0 fully saturated rings. The van der Waals surface area contributed by atoms with Crippen LogP contribution in [-0.4, -0.2) is 38.3 Å². The summed E-state index contributed by atoms with van der Waals surface area (Å²) in [7, 11) is 0. The Hall–Kier alpha value is -3.55. The number of rotatable bonds is 9. The molecule has 0 radical (unpaired) electrons. The van der Waals surface area contributed by atoms with Crippen LogP contribution in [0.25, 0.3) is 10.9 Å². The van der Waals surface area contributed by atoms with Crippen LogP contribution in [0.5, 0.6) is 0 Å². The van der Waals surface area contributed by atoms with Crippen molar-refractivity contribution in [1.29, 1.82) is 5.41 Å². The Morgan fingerprint density at radius 3 is 2.63 bits per heavy atom. The Kier molecular flexibility index (Phi) is 6.56. The van der Waals surface area contributed by atoms with Crippen molar-refractivity contribution < 1.29 is 9.90 Å². The molecule has 2 aromatic heterocycles. The Bertz CT molecular complexity index is 1070. The van der Waals surface area contributed by atoms with Gasteiger partial charge in [-0.05, 0) is 37.5 Å². The highest BCUT2D eigenvalue weighted by molar-refractivity contribution is 5.92. The van der Waals surface area contributed by atoms with Crippen LogP contribution in [0.4, 0.5) is 11.5 Å². The lowest BCUT2D eigenvalue weighted by Gasteiger charge is -2.23. The van der Waals surface area contributed by atoms with Gasteiger partial charge in [0.25, 0.3) is 0 Å². The minimum Gasteiger partial charge on any atom is -0.475 e. The molecule has 0 aliphatic heterocycles. The lowest BCUT2D eigenvalue weighted by molar-refractivity contribution is 0.0683. The first kappa shape index (κ1) is 21.2. The predicted molar refractivity (Wildman–Crippen MR) is 119 cm³/mol. The molecule has 0 bridgehead atoms. The molecule has 0 aliphatic rings. The Labute approximate surface area is 175 Å². The van der Waals surface area contributed by atoms with Crippen molar-refractivity contribution >= 4 is 34.6 Å². The van der Waals surface area contributed by atoms with Crippen molar-refractivity contribution in [3.8, 4) is 0 Å². The first-order valence-corrected chi connectivity index (χ1v) is 10.00. The second-order valence-corrected chi connectivity index (χ2v) is 7.13. The van der Waals surface area contributed by atoms with E-state index in [0.717, 1.165) is 35.5 Å². The van der Waals surface area contributed by atoms with Gasteiger partial charge in [0, 0.05) is 23.8 Å². The minimum absolute atomic E-state index is 0.103. The number of hydrogen-bond donors (Lipinski definition) is 4. The summed E-state index contributed by atoms with van der Waals surface area (Å²) in [5, 5.41) is 24.8. The van der Waals surface area contributed by atoms with Crippen LogP contribution in [0.1, 0.15) is 61.5 Å². The van der Waals surface area contributed by atoms with E-state index in [1.54, 1.807) is 0 Å². The molecular weight excluding hydrogens is 380 g/mol. The summed E-state index contributed by atoms with van der Waals surface area (Å²) < 4.78 is 0. The van der Waals surface area contributed by atoms with Crippen LogP contribution in [0.2, 0.25) is 0 Å². The van der Waals surface area contributed by atoms with E-state index in [-0.39, 0.29) is 23.6 Å². The normalized spacial score (nSPS) is 12.9. The van der Waals surface area contributed by atoms with Crippen LogP contribution >= 0.6 is 0 Å². The Morgan fingerprint density at radius 2 is 1.97 bits per heavy atom. The molecule has 3 aromatic rings. The maximum absolute atomic E-state index is 11.5. The standard InChI is InChI=1S/C22H26N6O2/c1-4-13(3)25-19-18(11-23)27-21(22(29)30)28-20(19)26-16(5-2)15-10-14-8-6-7-9-17(14)24-12-15/h6-13,16,23,25H,4-5H2,1-3H3,(H,29,30)(H,26,27,28)/t13?,16-/m1/s1. The van der Waals surface area contributed by atoms with E-state index in [1.165, 1.54) is 0 Å². The van der Waals surface area contributed by atoms with E-state index in [0.29, 0.717) is 11.5 Å². The van der Waals surface area contributed by atoms with Crippen LogP contribution in [0.3, 0.4) is 0 Å². The predicted octanol–water partition coefficient (Wildman–Crippen LogP) is 4.49. The van der Waals surface area contributed by atoms with Gasteiger partial charge in [-0.25, -0.2) is 14.8 Å². The van der Waals surface area contributed by atoms with Gasteiger partial charge in [-0.3, -0.25) is 4.98 Å². The fourth-order valence-corrected chi connectivity index (χ4v) is 3.14. The molecule has 8 heteroatoms. The van der Waals surface area contributed by atoms with Crippen molar-refractivity contribution in [2.24, 2.45) is 0 Å². The number of pyridine rings is 1. The van der Waals surface area contributed by atoms with Crippen LogP contribution in [0.15, 0.2) is 36.5 Å². The number of carboxylic acid groups (broad SMARTS) is 1. The van der Waals surface area contributed by atoms with Gasteiger partial charge < -0.3 is 21.1 Å². The number of aromatic carboxylic acids is 1. The molecule has 0 amide bonds. The van der Waals surface area contributed by atoms with Crippen molar-refractivity contribution in [2.45, 2.75) is 45.7 Å². The maximum atomic E-state index is 11.5. The van der Waals surface area contributed by atoms with Gasteiger partial charge >= 0.3 is 5.97 Å². The first-order valence-electron chi connectivity index (χ1n) is 10.00. The van der Waals surface area contributed by atoms with E-state index in [4.69, 9.17) is 5.41 Å². The molecule has 156 valence electrons. The number of fused-ring (bicyclic) bond motifs is 1. The molecule has 1 aromatic carbocycles. The lowest BCUT2D eigenvalue weighted by Crippen LogP contribution is -2.21. The highest BCUT2D eigenvalue weighted by Gasteiger charge is 2.21. The van der Waals surface area contributed by atoms with Crippen LogP contribution < -0.4 is 10.6 Å². The molecule has 8 nitrogen and oxygen atoms in total. The number of hydrogen-bond acceptors (Lipinski definition) is 7. The number of carboxylic acids is 1. The van der Waals surface area contributed by atoms with E-state index in [1.807, 2.05) is 51.2 Å². The third-order valence-electron chi connectivity index (χ3n) is 5.00. The second-order valence-electron chi connectivity index (χ2n) is 7.13. The molecule has 0 saturated carbocycles. The van der Waals surface area contributed by atoms with Gasteiger partial charge in [0.1, 0.15) is 11.4 Å². The van der Waals surface area contributed by atoms with E-state index in [9.17, 15) is 9.90 Å². The summed E-state index contributed by atoms with van der Waals surface area (Å²) >= 11 is 0. The third kappa shape index (κ3) is 4.53. The maximum Gasteiger partial charge on any atom is 0.374 e. The molecule has 4 N–H and O–H groups in total. The zero-order chi connectivity index (χ0) is 21.7. The summed E-state index contributed by atoms with van der Waals surface area (Å²) in [6.45, 7) is 6.08. The molecule has 1 unspecified atom stereocenters. The molecular formula is C22H26N6O2. The van der Waals surface area contributed by atoms with Gasteiger partial charge in [0.2, 0.25) is 5.82 Å². The molecule has 0 saturated heterocycles. The van der Waals surface area contributed by atoms with E-state index < -0.39 is 5.97 Å². The lowest BCUT2D eigenvalue weighted by atomic mass is 10.0. The second kappa shape index (κ2) is 9.30. The quantitative estimate of drug-likeness (QED) is 0.386. The number of para-hydroxylation sites is 1. The van der Waals surface area contributed by atoms with Gasteiger partial charge in [-0.2, -0.15) is 0 Å². The number of benzene rings is 1. The average molecular weight is 406 g/mol. The van der Waals surface area contributed by atoms with Crippen molar-refractivity contribution in [2.75, 3.05) is 10.6 Å². The first-order chi connectivity index (χ1) is 14.5.